The Morgan fingerprint density at radius 3 is 2.52 bits per heavy atom. The van der Waals surface area contributed by atoms with Crippen LogP contribution in [0.2, 0.25) is 5.02 Å². The van der Waals surface area contributed by atoms with Gasteiger partial charge in [-0.3, -0.25) is 4.79 Å². The first-order chi connectivity index (χ1) is 20.0. The van der Waals surface area contributed by atoms with Crippen molar-refractivity contribution in [2.24, 2.45) is 0 Å². The smallest absolute Gasteiger partial charge is 0.246 e. The lowest BCUT2D eigenvalue weighted by Gasteiger charge is -2.45. The average molecular weight is 590 g/mol. The number of aryl methyl sites for hydroxylation is 2. The maximum Gasteiger partial charge on any atom is 0.246 e. The fourth-order valence-corrected chi connectivity index (χ4v) is 6.65. The summed E-state index contributed by atoms with van der Waals surface area (Å²) in [6.45, 7) is 14.3. The van der Waals surface area contributed by atoms with Gasteiger partial charge in [-0.15, -0.1) is 0 Å². The second-order valence-electron chi connectivity index (χ2n) is 12.0. The van der Waals surface area contributed by atoms with E-state index in [0.29, 0.717) is 46.9 Å². The molecule has 2 aliphatic rings. The third kappa shape index (κ3) is 4.50. The molecule has 0 saturated carbocycles. The van der Waals surface area contributed by atoms with Gasteiger partial charge in [-0.2, -0.15) is 4.98 Å². The average Bonchev–Trinajstić information content (AvgIpc) is 3.30. The molecule has 0 spiro atoms. The lowest BCUT2D eigenvalue weighted by Crippen LogP contribution is -2.59. The molecule has 2 aromatic heterocycles. The number of halogens is 2. The SMILES string of the molecule is C=CC(=O)N1C[C@H](C)N(c2nc(N3CC(N(C)C)C3)nc3c(F)c(-c4c(C)ccc5[nH]cc(C)c45)c(Cl)cc23)C[C@H]1C. The van der Waals surface area contributed by atoms with E-state index in [2.05, 4.69) is 47.3 Å². The van der Waals surface area contributed by atoms with Crippen LogP contribution in [0.1, 0.15) is 25.0 Å². The predicted molar refractivity (Wildman–Crippen MR) is 169 cm³/mol. The van der Waals surface area contributed by atoms with E-state index in [1.54, 1.807) is 0 Å². The molecule has 0 radical (unpaired) electrons. The van der Waals surface area contributed by atoms with Gasteiger partial charge in [0.05, 0.1) is 5.02 Å². The minimum absolute atomic E-state index is 0.0676. The molecule has 2 aliphatic heterocycles. The van der Waals surface area contributed by atoms with Crippen molar-refractivity contribution in [3.05, 3.63) is 59.0 Å². The maximum absolute atomic E-state index is 17.0. The molecule has 2 atom stereocenters. The number of nitrogens with zero attached hydrogens (tertiary/aromatic N) is 6. The van der Waals surface area contributed by atoms with Crippen LogP contribution >= 0.6 is 11.6 Å². The quantitative estimate of drug-likeness (QED) is 0.308. The van der Waals surface area contributed by atoms with E-state index in [1.807, 2.05) is 50.1 Å². The number of aromatic amines is 1. The fraction of sp³-hybridized carbons (Fsp3) is 0.406. The summed E-state index contributed by atoms with van der Waals surface area (Å²) in [7, 11) is 4.11. The Hall–Kier alpha value is -3.69. The van der Waals surface area contributed by atoms with Crippen molar-refractivity contribution in [2.45, 2.75) is 45.8 Å². The molecule has 8 nitrogen and oxygen atoms in total. The highest BCUT2D eigenvalue weighted by atomic mass is 35.5. The van der Waals surface area contributed by atoms with Crippen molar-refractivity contribution >= 4 is 51.1 Å². The van der Waals surface area contributed by atoms with Gasteiger partial charge >= 0.3 is 0 Å². The first-order valence-corrected chi connectivity index (χ1v) is 14.8. The lowest BCUT2D eigenvalue weighted by atomic mass is 9.93. The number of carbonyl (C=O) groups excluding carboxylic acids is 1. The normalized spacial score (nSPS) is 19.7. The molecule has 220 valence electrons. The molecule has 10 heteroatoms. The molecule has 42 heavy (non-hydrogen) atoms. The van der Waals surface area contributed by atoms with Gasteiger partial charge in [0.1, 0.15) is 11.3 Å². The number of benzene rings is 2. The number of rotatable bonds is 5. The highest BCUT2D eigenvalue weighted by Crippen LogP contribution is 2.44. The zero-order valence-corrected chi connectivity index (χ0v) is 25.8. The van der Waals surface area contributed by atoms with Gasteiger partial charge in [0.2, 0.25) is 11.9 Å². The van der Waals surface area contributed by atoms with Crippen molar-refractivity contribution in [3.8, 4) is 11.1 Å². The number of hydrogen-bond donors (Lipinski definition) is 1. The Morgan fingerprint density at radius 1 is 1.10 bits per heavy atom. The second-order valence-corrected chi connectivity index (χ2v) is 12.4. The van der Waals surface area contributed by atoms with Crippen molar-refractivity contribution in [1.29, 1.82) is 0 Å². The molecular formula is C32H37ClFN7O. The standard InChI is InChI=1S/C32H37ClFN7O/c1-8-25(42)40-13-20(5)41(14-19(40)4)31-22-11-23(33)28(27-17(2)9-10-24-26(27)18(3)12-35-24)29(34)30(22)36-32(37-31)39-15-21(16-39)38(6)7/h8-12,19-21,35H,1,13-16H2,2-7H3/t19-,20+/m1/s1. The van der Waals surface area contributed by atoms with E-state index in [4.69, 9.17) is 21.6 Å². The number of likely N-dealkylation sites (N-methyl/N-ethyl adjacent to an activating group) is 1. The molecule has 2 fully saturated rings. The molecule has 2 aromatic carbocycles. The second kappa shape index (κ2) is 10.5. The summed E-state index contributed by atoms with van der Waals surface area (Å²) in [5, 5.41) is 1.83. The summed E-state index contributed by atoms with van der Waals surface area (Å²) in [6.07, 6.45) is 3.29. The third-order valence-electron chi connectivity index (χ3n) is 8.94. The van der Waals surface area contributed by atoms with E-state index >= 15 is 4.39 Å². The monoisotopic (exact) mass is 589 g/mol. The van der Waals surface area contributed by atoms with E-state index in [9.17, 15) is 4.79 Å². The highest BCUT2D eigenvalue weighted by Gasteiger charge is 2.36. The summed E-state index contributed by atoms with van der Waals surface area (Å²) in [4.78, 5) is 34.0. The Kier molecular flexibility index (Phi) is 7.14. The van der Waals surface area contributed by atoms with Crippen LogP contribution in [0.3, 0.4) is 0 Å². The van der Waals surface area contributed by atoms with Crippen molar-refractivity contribution in [1.82, 2.24) is 24.8 Å². The van der Waals surface area contributed by atoms with Crippen molar-refractivity contribution in [3.63, 3.8) is 0 Å². The van der Waals surface area contributed by atoms with Crippen LogP contribution in [-0.4, -0.2) is 89.1 Å². The topological polar surface area (TPSA) is 71.6 Å². The van der Waals surface area contributed by atoms with Gasteiger partial charge in [-0.25, -0.2) is 9.37 Å². The number of aromatic nitrogens is 3. The van der Waals surface area contributed by atoms with Crippen LogP contribution in [0.4, 0.5) is 16.2 Å². The van der Waals surface area contributed by atoms with E-state index in [0.717, 1.165) is 40.7 Å². The number of piperazine rings is 1. The molecule has 0 unspecified atom stereocenters. The number of H-pyrrole nitrogens is 1. The van der Waals surface area contributed by atoms with Crippen molar-refractivity contribution in [2.75, 3.05) is 50.1 Å². The summed E-state index contributed by atoms with van der Waals surface area (Å²) in [5.74, 6) is 0.582. The number of nitrogens with one attached hydrogen (secondary N) is 1. The highest BCUT2D eigenvalue weighted by molar-refractivity contribution is 6.35. The van der Waals surface area contributed by atoms with Crippen LogP contribution in [0, 0.1) is 19.7 Å². The summed E-state index contributed by atoms with van der Waals surface area (Å²) in [6, 6.07) is 6.03. The van der Waals surface area contributed by atoms with Crippen LogP contribution in [0.15, 0.2) is 37.1 Å². The molecule has 6 rings (SSSR count). The Labute approximate surface area is 250 Å². The van der Waals surface area contributed by atoms with Gasteiger partial charge < -0.3 is 24.6 Å². The van der Waals surface area contributed by atoms with E-state index in [1.165, 1.54) is 6.08 Å². The molecule has 4 aromatic rings. The Morgan fingerprint density at radius 2 is 1.83 bits per heavy atom. The van der Waals surface area contributed by atoms with Crippen LogP contribution in [0.25, 0.3) is 32.9 Å². The molecular weight excluding hydrogens is 553 g/mol. The van der Waals surface area contributed by atoms with Crippen molar-refractivity contribution < 1.29 is 9.18 Å². The van der Waals surface area contributed by atoms with Crippen LogP contribution in [-0.2, 0) is 4.79 Å². The number of fused-ring (bicyclic) bond motifs is 2. The Balaban J connectivity index is 1.55. The molecule has 1 N–H and O–H groups in total. The molecule has 2 saturated heterocycles. The number of carbonyl (C=O) groups is 1. The zero-order valence-electron chi connectivity index (χ0n) is 25.0. The van der Waals surface area contributed by atoms with Gasteiger partial charge in [-0.1, -0.05) is 24.2 Å². The zero-order chi connectivity index (χ0) is 30.0. The largest absolute Gasteiger partial charge is 0.361 e. The van der Waals surface area contributed by atoms with Gasteiger partial charge in [0.25, 0.3) is 0 Å². The molecule has 0 aliphatic carbocycles. The number of amides is 1. The summed E-state index contributed by atoms with van der Waals surface area (Å²) in [5.41, 5.74) is 4.25. The minimum atomic E-state index is -0.454. The molecule has 4 heterocycles. The molecule has 1 amide bonds. The maximum atomic E-state index is 17.0. The number of anilines is 2. The predicted octanol–water partition coefficient (Wildman–Crippen LogP) is 5.55. The van der Waals surface area contributed by atoms with Crippen LogP contribution in [0.5, 0.6) is 0 Å². The minimum Gasteiger partial charge on any atom is -0.361 e. The first-order valence-electron chi connectivity index (χ1n) is 14.4. The first kappa shape index (κ1) is 28.4. The fourth-order valence-electron chi connectivity index (χ4n) is 6.37. The Bertz CT molecular complexity index is 1730. The lowest BCUT2D eigenvalue weighted by molar-refractivity contribution is -0.128. The van der Waals surface area contributed by atoms with E-state index in [-0.39, 0.29) is 23.5 Å². The van der Waals surface area contributed by atoms with Gasteiger partial charge in [-0.05, 0) is 76.7 Å². The summed E-state index contributed by atoms with van der Waals surface area (Å²) >= 11 is 6.98. The van der Waals surface area contributed by atoms with E-state index < -0.39 is 5.82 Å². The third-order valence-corrected chi connectivity index (χ3v) is 9.24. The van der Waals surface area contributed by atoms with Crippen LogP contribution < -0.4 is 9.80 Å². The molecule has 0 bridgehead atoms. The summed E-state index contributed by atoms with van der Waals surface area (Å²) < 4.78 is 17.0. The number of hydrogen-bond acceptors (Lipinski definition) is 6. The van der Waals surface area contributed by atoms with Gasteiger partial charge in [0, 0.05) is 72.4 Å². The van der Waals surface area contributed by atoms with Gasteiger partial charge in [0.15, 0.2) is 5.82 Å².